The molecule has 0 bridgehead atoms. The number of carboxylic acid groups (broad SMARTS) is 1. The average molecular weight is 449 g/mol. The highest BCUT2D eigenvalue weighted by Crippen LogP contribution is 2.22. The molecule has 0 saturated carbocycles. The van der Waals surface area contributed by atoms with Crippen LogP contribution >= 0.6 is 0 Å². The Balaban J connectivity index is 0.000000360. The summed E-state index contributed by atoms with van der Waals surface area (Å²) >= 11 is 0. The van der Waals surface area contributed by atoms with Gasteiger partial charge in [-0.1, -0.05) is 6.07 Å². The molecule has 1 saturated heterocycles. The number of piperidine rings is 1. The first kappa shape index (κ1) is 23.2. The first-order chi connectivity index (χ1) is 15.1. The number of aromatic amines is 1. The van der Waals surface area contributed by atoms with E-state index in [2.05, 4.69) is 25.6 Å². The summed E-state index contributed by atoms with van der Waals surface area (Å²) in [6, 6.07) is 9.93. The Kier molecular flexibility index (Phi) is 7.08. The molecule has 1 unspecified atom stereocenters. The van der Waals surface area contributed by atoms with Crippen molar-refractivity contribution >= 4 is 22.9 Å². The zero-order valence-corrected chi connectivity index (χ0v) is 17.2. The zero-order valence-electron chi connectivity index (χ0n) is 17.2. The van der Waals surface area contributed by atoms with Gasteiger partial charge in [0.1, 0.15) is 5.82 Å². The summed E-state index contributed by atoms with van der Waals surface area (Å²) in [6.45, 7) is 3.80. The maximum Gasteiger partial charge on any atom is 0.490 e. The lowest BCUT2D eigenvalue weighted by Crippen LogP contribution is -2.45. The highest BCUT2D eigenvalue weighted by molar-refractivity contribution is 5.94. The van der Waals surface area contributed by atoms with Crippen molar-refractivity contribution in [2.75, 3.05) is 13.1 Å². The van der Waals surface area contributed by atoms with Crippen LogP contribution in [0.15, 0.2) is 36.5 Å². The Morgan fingerprint density at radius 3 is 2.56 bits per heavy atom. The predicted octanol–water partition coefficient (Wildman–Crippen LogP) is 3.05. The molecule has 1 atom stereocenters. The number of hydrogen-bond donors (Lipinski definition) is 4. The molecule has 1 fully saturated rings. The molecule has 0 spiro atoms. The van der Waals surface area contributed by atoms with E-state index in [-0.39, 0.29) is 11.9 Å². The third-order valence-electron chi connectivity index (χ3n) is 4.80. The second kappa shape index (κ2) is 9.77. The molecule has 8 nitrogen and oxygen atoms in total. The molecule has 170 valence electrons. The molecule has 1 amide bonds. The summed E-state index contributed by atoms with van der Waals surface area (Å²) in [6.07, 6.45) is -1.32. The molecule has 0 radical (unpaired) electrons. The number of pyridine rings is 1. The summed E-state index contributed by atoms with van der Waals surface area (Å²) in [5.74, 6) is -1.93. The average Bonchev–Trinajstić information content (AvgIpc) is 3.13. The largest absolute Gasteiger partial charge is 0.490 e. The van der Waals surface area contributed by atoms with Gasteiger partial charge in [-0.2, -0.15) is 13.2 Å². The highest BCUT2D eigenvalue weighted by Gasteiger charge is 2.38. The third-order valence-corrected chi connectivity index (χ3v) is 4.80. The van der Waals surface area contributed by atoms with E-state index in [0.29, 0.717) is 5.56 Å². The fourth-order valence-electron chi connectivity index (χ4n) is 3.24. The topological polar surface area (TPSA) is 120 Å². The molecule has 1 aromatic carbocycles. The number of halogens is 3. The number of aryl methyl sites for hydroxylation is 1. The maximum atomic E-state index is 12.3. The number of aliphatic carboxylic acids is 1. The summed E-state index contributed by atoms with van der Waals surface area (Å²) in [7, 11) is 0. The van der Waals surface area contributed by atoms with Crippen LogP contribution in [-0.4, -0.2) is 57.2 Å². The van der Waals surface area contributed by atoms with Crippen molar-refractivity contribution in [3.05, 3.63) is 47.9 Å². The maximum absolute atomic E-state index is 12.3. The lowest BCUT2D eigenvalue weighted by atomic mass is 10.1. The summed E-state index contributed by atoms with van der Waals surface area (Å²) in [5.41, 5.74) is 4.36. The Morgan fingerprint density at radius 2 is 1.97 bits per heavy atom. The van der Waals surface area contributed by atoms with Crippen molar-refractivity contribution in [3.8, 4) is 11.3 Å². The molecule has 3 heterocycles. The normalized spacial score (nSPS) is 16.2. The summed E-state index contributed by atoms with van der Waals surface area (Å²) in [5, 5.41) is 13.5. The molecule has 0 aliphatic carbocycles. The van der Waals surface area contributed by atoms with Crippen LogP contribution in [0, 0.1) is 6.92 Å². The Bertz CT molecular complexity index is 1090. The number of imidazole rings is 1. The van der Waals surface area contributed by atoms with Gasteiger partial charge < -0.3 is 20.7 Å². The van der Waals surface area contributed by atoms with E-state index in [9.17, 15) is 18.0 Å². The number of carboxylic acids is 1. The van der Waals surface area contributed by atoms with E-state index in [1.165, 1.54) is 0 Å². The van der Waals surface area contributed by atoms with Gasteiger partial charge in [-0.25, -0.2) is 9.78 Å². The first-order valence-electron chi connectivity index (χ1n) is 9.88. The quantitative estimate of drug-likeness (QED) is 0.488. The van der Waals surface area contributed by atoms with Crippen molar-refractivity contribution < 1.29 is 27.9 Å². The number of rotatable bonds is 3. The number of alkyl halides is 3. The van der Waals surface area contributed by atoms with Crippen LogP contribution in [0.1, 0.15) is 29.0 Å². The number of nitrogens with one attached hydrogen (secondary N) is 3. The molecule has 4 N–H and O–H groups in total. The van der Waals surface area contributed by atoms with Gasteiger partial charge in [0.2, 0.25) is 0 Å². The van der Waals surface area contributed by atoms with Crippen molar-refractivity contribution in [3.63, 3.8) is 0 Å². The molecule has 11 heteroatoms. The van der Waals surface area contributed by atoms with Crippen molar-refractivity contribution in [1.29, 1.82) is 0 Å². The summed E-state index contributed by atoms with van der Waals surface area (Å²) in [4.78, 5) is 33.3. The lowest BCUT2D eigenvalue weighted by Gasteiger charge is -2.23. The Morgan fingerprint density at radius 1 is 1.22 bits per heavy atom. The smallest absolute Gasteiger partial charge is 0.475 e. The number of carbonyl (C=O) groups excluding carboxylic acids is 1. The molecule has 2 aromatic heterocycles. The minimum atomic E-state index is -5.08. The van der Waals surface area contributed by atoms with E-state index in [0.717, 1.165) is 54.0 Å². The third kappa shape index (κ3) is 6.03. The molecule has 32 heavy (non-hydrogen) atoms. The molecule has 1 aliphatic rings. The number of benzene rings is 1. The van der Waals surface area contributed by atoms with Gasteiger partial charge in [0.15, 0.2) is 0 Å². The van der Waals surface area contributed by atoms with Crippen LogP contribution in [0.25, 0.3) is 22.3 Å². The number of fused-ring (bicyclic) bond motifs is 1. The van der Waals surface area contributed by atoms with Gasteiger partial charge in [0, 0.05) is 24.3 Å². The minimum absolute atomic E-state index is 0.0626. The van der Waals surface area contributed by atoms with Crippen molar-refractivity contribution in [1.82, 2.24) is 25.6 Å². The molecular formula is C21H22F3N5O3. The van der Waals surface area contributed by atoms with Gasteiger partial charge in [-0.15, -0.1) is 0 Å². The number of nitrogens with zero attached hydrogens (tertiary/aromatic N) is 2. The molecule has 1 aliphatic heterocycles. The standard InChI is InChI=1S/C19H21N5O.C2HF3O2/c1-12-22-17-7-4-13(9-18(17)23-12)16-6-5-14(10-21-16)19(25)24-15-3-2-8-20-11-15;3-2(4,5)1(6)7/h4-7,9-10,15,20H,2-3,8,11H2,1H3,(H,22,23)(H,24,25);(H,6,7). The van der Waals surface area contributed by atoms with Crippen LogP contribution in [-0.2, 0) is 4.79 Å². The number of carbonyl (C=O) groups is 2. The van der Waals surface area contributed by atoms with Gasteiger partial charge in [-0.05, 0) is 50.6 Å². The number of hydrogen-bond acceptors (Lipinski definition) is 5. The van der Waals surface area contributed by atoms with Gasteiger partial charge in [0.05, 0.1) is 22.3 Å². The lowest BCUT2D eigenvalue weighted by molar-refractivity contribution is -0.192. The highest BCUT2D eigenvalue weighted by atomic mass is 19.4. The monoisotopic (exact) mass is 449 g/mol. The van der Waals surface area contributed by atoms with Crippen LogP contribution in [0.3, 0.4) is 0 Å². The second-order valence-electron chi connectivity index (χ2n) is 7.31. The predicted molar refractivity (Wildman–Crippen MR) is 111 cm³/mol. The fourth-order valence-corrected chi connectivity index (χ4v) is 3.24. The van der Waals surface area contributed by atoms with Gasteiger partial charge in [0.25, 0.3) is 5.91 Å². The van der Waals surface area contributed by atoms with Crippen LogP contribution in [0.2, 0.25) is 0 Å². The van der Waals surface area contributed by atoms with Crippen molar-refractivity contribution in [2.24, 2.45) is 0 Å². The van der Waals surface area contributed by atoms with Crippen LogP contribution in [0.5, 0.6) is 0 Å². The summed E-state index contributed by atoms with van der Waals surface area (Å²) < 4.78 is 31.7. The zero-order chi connectivity index (χ0) is 23.3. The van der Waals surface area contributed by atoms with Crippen molar-refractivity contribution in [2.45, 2.75) is 32.0 Å². The number of amides is 1. The van der Waals surface area contributed by atoms with E-state index in [4.69, 9.17) is 9.90 Å². The molecule has 4 rings (SSSR count). The minimum Gasteiger partial charge on any atom is -0.475 e. The second-order valence-corrected chi connectivity index (χ2v) is 7.31. The van der Waals surface area contributed by atoms with E-state index in [1.807, 2.05) is 37.3 Å². The van der Waals surface area contributed by atoms with E-state index >= 15 is 0 Å². The Labute approximate surface area is 181 Å². The Hall–Kier alpha value is -3.47. The fraction of sp³-hybridized carbons (Fsp3) is 0.333. The number of H-pyrrole nitrogens is 1. The van der Waals surface area contributed by atoms with Crippen LogP contribution < -0.4 is 10.6 Å². The SMILES string of the molecule is Cc1nc2ccc(-c3ccc(C(=O)NC4CCCNC4)cn3)cc2[nH]1.O=C(O)C(F)(F)F. The molecular weight excluding hydrogens is 427 g/mol. The van der Waals surface area contributed by atoms with E-state index in [1.54, 1.807) is 6.20 Å². The van der Waals surface area contributed by atoms with Crippen LogP contribution in [0.4, 0.5) is 13.2 Å². The molecule has 3 aromatic rings. The first-order valence-corrected chi connectivity index (χ1v) is 9.88. The van der Waals surface area contributed by atoms with Gasteiger partial charge in [-0.3, -0.25) is 9.78 Å². The number of aromatic nitrogens is 3. The van der Waals surface area contributed by atoms with Gasteiger partial charge >= 0.3 is 12.1 Å². The van der Waals surface area contributed by atoms with E-state index < -0.39 is 12.1 Å².